The van der Waals surface area contributed by atoms with Crippen LogP contribution in [0.25, 0.3) is 78.7 Å². The number of aromatic nitrogens is 3. The largest absolute Gasteiger partial charge is 0.488 e. The Morgan fingerprint density at radius 1 is 0.340 bits per heavy atom. The highest BCUT2D eigenvalue weighted by molar-refractivity contribution is 5.90. The lowest BCUT2D eigenvalue weighted by Gasteiger charge is -2.23. The van der Waals surface area contributed by atoms with Crippen LogP contribution in [0.3, 0.4) is 0 Å². The molecule has 0 saturated carbocycles. The Labute approximate surface area is 291 Å². The summed E-state index contributed by atoms with van der Waals surface area (Å²) < 4.78 is 6.20. The molecule has 50 heavy (non-hydrogen) atoms. The van der Waals surface area contributed by atoms with Crippen LogP contribution >= 0.6 is 0 Å². The summed E-state index contributed by atoms with van der Waals surface area (Å²) >= 11 is 0. The molecule has 9 rings (SSSR count). The van der Waals surface area contributed by atoms with E-state index in [9.17, 15) is 0 Å². The van der Waals surface area contributed by atoms with Crippen LogP contribution < -0.4 is 4.74 Å². The molecule has 0 atom stereocenters. The van der Waals surface area contributed by atoms with Crippen LogP contribution in [0.5, 0.6) is 5.75 Å². The Morgan fingerprint density at radius 2 is 0.780 bits per heavy atom. The topological polar surface area (TPSA) is 47.9 Å². The Kier molecular flexibility index (Phi) is 7.52. The van der Waals surface area contributed by atoms with Crippen molar-refractivity contribution in [2.24, 2.45) is 0 Å². The van der Waals surface area contributed by atoms with Gasteiger partial charge < -0.3 is 4.74 Å². The van der Waals surface area contributed by atoms with Gasteiger partial charge in [-0.15, -0.1) is 0 Å². The van der Waals surface area contributed by atoms with Crippen molar-refractivity contribution in [1.82, 2.24) is 15.0 Å². The van der Waals surface area contributed by atoms with Gasteiger partial charge in [-0.3, -0.25) is 0 Å². The maximum atomic E-state index is 6.20. The molecule has 4 nitrogen and oxygen atoms in total. The highest BCUT2D eigenvalue weighted by Gasteiger charge is 2.21. The fraction of sp³-hybridized carbons (Fsp3) is 0.0217. The van der Waals surface area contributed by atoms with Crippen molar-refractivity contribution in [1.29, 1.82) is 0 Å². The predicted molar refractivity (Wildman–Crippen MR) is 202 cm³/mol. The van der Waals surface area contributed by atoms with Gasteiger partial charge in [0.2, 0.25) is 0 Å². The number of rotatable bonds is 6. The minimum absolute atomic E-state index is 0.571. The molecule has 0 spiro atoms. The zero-order valence-electron chi connectivity index (χ0n) is 27.2. The van der Waals surface area contributed by atoms with Gasteiger partial charge in [-0.2, -0.15) is 0 Å². The van der Waals surface area contributed by atoms with E-state index < -0.39 is 0 Å². The minimum Gasteiger partial charge on any atom is -0.488 e. The van der Waals surface area contributed by atoms with E-state index in [4.69, 9.17) is 19.7 Å². The van der Waals surface area contributed by atoms with Crippen molar-refractivity contribution in [3.05, 3.63) is 181 Å². The Hall–Kier alpha value is -6.65. The van der Waals surface area contributed by atoms with Gasteiger partial charge >= 0.3 is 0 Å². The summed E-state index contributed by atoms with van der Waals surface area (Å²) in [5.41, 5.74) is 13.1. The van der Waals surface area contributed by atoms with Gasteiger partial charge in [-0.25, -0.2) is 15.0 Å². The monoisotopic (exact) mass is 641 g/mol. The predicted octanol–water partition coefficient (Wildman–Crippen LogP) is 11.4. The first-order valence-electron chi connectivity index (χ1n) is 16.8. The third-order valence-corrected chi connectivity index (χ3v) is 9.26. The molecule has 1 aliphatic heterocycles. The average molecular weight is 642 g/mol. The molecule has 1 aliphatic rings. The molecule has 0 amide bonds. The first kappa shape index (κ1) is 29.5. The summed E-state index contributed by atoms with van der Waals surface area (Å²) in [6.45, 7) is 0.571. The number of hydrogen-bond acceptors (Lipinski definition) is 4. The zero-order chi connectivity index (χ0) is 33.3. The molecule has 0 fully saturated rings. The fourth-order valence-corrected chi connectivity index (χ4v) is 6.69. The molecule has 236 valence electrons. The number of hydrogen-bond donors (Lipinski definition) is 0. The van der Waals surface area contributed by atoms with E-state index in [-0.39, 0.29) is 0 Å². The molecule has 4 heteroatoms. The maximum absolute atomic E-state index is 6.20. The van der Waals surface area contributed by atoms with Crippen molar-refractivity contribution in [3.63, 3.8) is 0 Å². The Balaban J connectivity index is 1.15. The molecule has 0 N–H and O–H groups in total. The second kappa shape index (κ2) is 12.8. The van der Waals surface area contributed by atoms with Gasteiger partial charge in [0.05, 0.1) is 0 Å². The summed E-state index contributed by atoms with van der Waals surface area (Å²) in [5.74, 6) is 2.77. The molecular weight excluding hydrogens is 611 g/mol. The van der Waals surface area contributed by atoms with Crippen LogP contribution in [-0.4, -0.2) is 15.0 Å². The fourth-order valence-electron chi connectivity index (χ4n) is 6.69. The normalized spacial score (nSPS) is 11.7. The van der Waals surface area contributed by atoms with Gasteiger partial charge in [-0.1, -0.05) is 164 Å². The third kappa shape index (κ3) is 5.63. The number of ether oxygens (including phenoxy) is 1. The summed E-state index contributed by atoms with van der Waals surface area (Å²) in [7, 11) is 0. The lowest BCUT2D eigenvalue weighted by molar-refractivity contribution is 0.302. The van der Waals surface area contributed by atoms with Crippen LogP contribution in [0.1, 0.15) is 5.56 Å². The smallest absolute Gasteiger partial charge is 0.164 e. The van der Waals surface area contributed by atoms with Gasteiger partial charge in [0.25, 0.3) is 0 Å². The Bertz CT molecular complexity index is 2360. The molecule has 2 heterocycles. The second-order valence-electron chi connectivity index (χ2n) is 12.4. The quantitative estimate of drug-likeness (QED) is 0.181. The van der Waals surface area contributed by atoms with E-state index in [0.717, 1.165) is 50.3 Å². The van der Waals surface area contributed by atoms with E-state index in [1.165, 1.54) is 22.3 Å². The number of benzene rings is 7. The SMILES string of the molecule is c1ccc(-c2ccc(-c3nc(-c4ccc(-c5ccccc5)cc4)nc(-c4cccc(-c5cccc6c5-c5ccccc5CO6)c4)n3)cc2)cc1. The van der Waals surface area contributed by atoms with Crippen molar-refractivity contribution in [2.75, 3.05) is 0 Å². The molecule has 0 aliphatic carbocycles. The van der Waals surface area contributed by atoms with E-state index >= 15 is 0 Å². The van der Waals surface area contributed by atoms with Crippen LogP contribution in [0.2, 0.25) is 0 Å². The maximum Gasteiger partial charge on any atom is 0.164 e. The number of fused-ring (bicyclic) bond motifs is 3. The van der Waals surface area contributed by atoms with Crippen LogP contribution in [-0.2, 0) is 6.61 Å². The minimum atomic E-state index is 0.571. The van der Waals surface area contributed by atoms with Crippen molar-refractivity contribution in [3.8, 4) is 84.4 Å². The summed E-state index contributed by atoms with van der Waals surface area (Å²) in [4.78, 5) is 15.2. The van der Waals surface area contributed by atoms with Crippen LogP contribution in [0, 0.1) is 0 Å². The first-order chi connectivity index (χ1) is 24.8. The van der Waals surface area contributed by atoms with Gasteiger partial charge in [0.1, 0.15) is 12.4 Å². The Morgan fingerprint density at radius 3 is 1.40 bits per heavy atom. The standard InChI is InChI=1S/C46H31N3O/c1-3-11-31(12-4-1)33-21-25-35(26-22-33)44-47-45(36-27-23-34(24-28-36)32-13-5-2-6-14-32)49-46(48-44)38-17-9-16-37(29-38)40-19-10-20-42-43(40)41-18-8-7-15-39(41)30-50-42/h1-29H,30H2. The summed E-state index contributed by atoms with van der Waals surface area (Å²) in [6.07, 6.45) is 0. The molecule has 0 radical (unpaired) electrons. The first-order valence-corrected chi connectivity index (χ1v) is 16.8. The molecule has 0 saturated heterocycles. The molecule has 0 bridgehead atoms. The summed E-state index contributed by atoms with van der Waals surface area (Å²) in [5, 5.41) is 0. The van der Waals surface area contributed by atoms with Crippen molar-refractivity contribution in [2.45, 2.75) is 6.61 Å². The van der Waals surface area contributed by atoms with Gasteiger partial charge in [0, 0.05) is 22.3 Å². The second-order valence-corrected chi connectivity index (χ2v) is 12.4. The molecular formula is C46H31N3O. The molecule has 1 aromatic heterocycles. The zero-order valence-corrected chi connectivity index (χ0v) is 27.2. The van der Waals surface area contributed by atoms with E-state index in [1.807, 2.05) is 12.1 Å². The average Bonchev–Trinajstić information content (AvgIpc) is 3.21. The van der Waals surface area contributed by atoms with Crippen molar-refractivity contribution < 1.29 is 4.74 Å². The molecule has 8 aromatic rings. The van der Waals surface area contributed by atoms with E-state index in [1.54, 1.807) is 0 Å². The molecule has 7 aromatic carbocycles. The van der Waals surface area contributed by atoms with Crippen LogP contribution in [0.4, 0.5) is 0 Å². The highest BCUT2D eigenvalue weighted by atomic mass is 16.5. The van der Waals surface area contributed by atoms with Crippen molar-refractivity contribution >= 4 is 0 Å². The summed E-state index contributed by atoms with van der Waals surface area (Å²) in [6, 6.07) is 60.9. The third-order valence-electron chi connectivity index (χ3n) is 9.26. The number of nitrogens with zero attached hydrogens (tertiary/aromatic N) is 3. The van der Waals surface area contributed by atoms with E-state index in [0.29, 0.717) is 24.1 Å². The van der Waals surface area contributed by atoms with Gasteiger partial charge in [-0.05, 0) is 56.6 Å². The van der Waals surface area contributed by atoms with Crippen LogP contribution in [0.15, 0.2) is 176 Å². The lowest BCUT2D eigenvalue weighted by atomic mass is 9.89. The van der Waals surface area contributed by atoms with E-state index in [2.05, 4.69) is 164 Å². The lowest BCUT2D eigenvalue weighted by Crippen LogP contribution is -2.06. The molecule has 0 unspecified atom stereocenters. The van der Waals surface area contributed by atoms with Gasteiger partial charge in [0.15, 0.2) is 17.5 Å². The highest BCUT2D eigenvalue weighted by Crippen LogP contribution is 2.44.